The molecule has 0 aliphatic carbocycles. The Kier molecular flexibility index (Phi) is 10.3. The van der Waals surface area contributed by atoms with Crippen LogP contribution < -0.4 is 0 Å². The number of allylic oxidation sites excluding steroid dienone is 5. The number of hydrogen-bond acceptors (Lipinski definition) is 2. The molecule has 132 valence electrons. The van der Waals surface area contributed by atoms with Gasteiger partial charge in [-0.1, -0.05) is 58.7 Å². The summed E-state index contributed by atoms with van der Waals surface area (Å²) in [5, 5.41) is 0. The van der Waals surface area contributed by atoms with Crippen molar-refractivity contribution in [1.29, 1.82) is 0 Å². The maximum atomic E-state index is 5.38. The Bertz CT molecular complexity index is 566. The van der Waals surface area contributed by atoms with Crippen LogP contribution in [0.3, 0.4) is 0 Å². The van der Waals surface area contributed by atoms with E-state index in [1.807, 2.05) is 22.8 Å². The zero-order valence-electron chi connectivity index (χ0n) is 15.6. The zero-order chi connectivity index (χ0) is 18.9. The molecule has 0 aliphatic rings. The van der Waals surface area contributed by atoms with Crippen LogP contribution in [-0.2, 0) is 4.74 Å². The van der Waals surface area contributed by atoms with Crippen LogP contribution in [0.15, 0.2) is 72.4 Å². The van der Waals surface area contributed by atoms with E-state index >= 15 is 0 Å². The second kappa shape index (κ2) is 11.1. The maximum Gasteiger partial charge on any atom is 0.197 e. The number of hydrogen-bond donors (Lipinski definition) is 1. The number of thiol groups is 1. The van der Waals surface area contributed by atoms with E-state index in [1.54, 1.807) is 7.11 Å². The maximum absolute atomic E-state index is 5.38. The topological polar surface area (TPSA) is 12.2 Å². The predicted molar refractivity (Wildman–Crippen MR) is 111 cm³/mol. The molecule has 0 aliphatic heterocycles. The van der Waals surface area contributed by atoms with Crippen LogP contribution in [0.4, 0.5) is 0 Å². The molecular weight excluding hydrogens is 314 g/mol. The van der Waals surface area contributed by atoms with Crippen LogP contribution in [0.5, 0.6) is 0 Å². The van der Waals surface area contributed by atoms with E-state index in [-0.39, 0.29) is 12.0 Å². The molecular formula is C21H32NOS+. The van der Waals surface area contributed by atoms with Crippen molar-refractivity contribution in [3.63, 3.8) is 0 Å². The zero-order valence-corrected chi connectivity index (χ0v) is 16.5. The third kappa shape index (κ3) is 7.80. The van der Waals surface area contributed by atoms with Gasteiger partial charge in [0.05, 0.1) is 0 Å². The van der Waals surface area contributed by atoms with E-state index in [9.17, 15) is 0 Å². The van der Waals surface area contributed by atoms with Crippen molar-refractivity contribution in [1.82, 2.24) is 0 Å². The molecule has 0 radical (unpaired) electrons. The van der Waals surface area contributed by atoms with Crippen molar-refractivity contribution in [2.45, 2.75) is 26.8 Å². The average Bonchev–Trinajstić information content (AvgIpc) is 2.53. The summed E-state index contributed by atoms with van der Waals surface area (Å²) >= 11 is 4.19. The van der Waals surface area contributed by atoms with Gasteiger partial charge in [-0.05, 0) is 23.6 Å². The van der Waals surface area contributed by atoms with E-state index in [1.165, 1.54) is 0 Å². The van der Waals surface area contributed by atoms with Gasteiger partial charge in [0.2, 0.25) is 0 Å². The van der Waals surface area contributed by atoms with E-state index in [4.69, 9.17) is 4.74 Å². The van der Waals surface area contributed by atoms with Gasteiger partial charge in [0.25, 0.3) is 0 Å². The monoisotopic (exact) mass is 346 g/mol. The summed E-state index contributed by atoms with van der Waals surface area (Å²) in [6.07, 6.45) is 7.92. The average molecular weight is 347 g/mol. The van der Waals surface area contributed by atoms with Crippen LogP contribution >= 0.6 is 12.6 Å². The van der Waals surface area contributed by atoms with Gasteiger partial charge in [0.15, 0.2) is 11.7 Å². The second-order valence-corrected chi connectivity index (χ2v) is 6.80. The summed E-state index contributed by atoms with van der Waals surface area (Å²) in [5.41, 5.74) is 2.58. The fraction of sp³-hybridized carbons (Fsp3) is 0.381. The standard InChI is InChI=1S/C21H31NOS/c1-15(2)10-13-18(5)22(8)21(14-23-9)19(6)16(3)11-12-17(4)20(7)24/h10-13,15,19,21H,3-5,7-8,14H2,1-2,6,9H3/p+1/b12-11-,13-10-. The quantitative estimate of drug-likeness (QED) is 0.235. The van der Waals surface area contributed by atoms with Gasteiger partial charge >= 0.3 is 0 Å². The Balaban J connectivity index is 5.18. The molecule has 0 saturated carbocycles. The van der Waals surface area contributed by atoms with Crippen molar-refractivity contribution in [2.24, 2.45) is 11.8 Å². The molecule has 0 N–H and O–H groups in total. The Morgan fingerprint density at radius 1 is 1.08 bits per heavy atom. The number of methoxy groups -OCH3 is 1. The van der Waals surface area contributed by atoms with Crippen LogP contribution in [0, 0.1) is 11.8 Å². The lowest BCUT2D eigenvalue weighted by molar-refractivity contribution is -0.516. The molecule has 0 aromatic rings. The fourth-order valence-corrected chi connectivity index (χ4v) is 2.06. The number of nitrogens with zero attached hydrogens (tertiary/aromatic N) is 1. The second-order valence-electron chi connectivity index (χ2n) is 6.26. The first-order valence-corrected chi connectivity index (χ1v) is 8.46. The summed E-state index contributed by atoms with van der Waals surface area (Å²) in [6.45, 7) is 27.0. The molecule has 24 heavy (non-hydrogen) atoms. The van der Waals surface area contributed by atoms with Crippen molar-refractivity contribution in [3.05, 3.63) is 72.4 Å². The molecule has 2 nitrogen and oxygen atoms in total. The summed E-state index contributed by atoms with van der Waals surface area (Å²) in [5.74, 6) is 0.593. The Morgan fingerprint density at radius 2 is 1.67 bits per heavy atom. The highest BCUT2D eigenvalue weighted by Gasteiger charge is 2.29. The van der Waals surface area contributed by atoms with Gasteiger partial charge in [-0.2, -0.15) is 0 Å². The van der Waals surface area contributed by atoms with Gasteiger partial charge in [-0.15, -0.1) is 12.6 Å². The van der Waals surface area contributed by atoms with Crippen LogP contribution in [0.2, 0.25) is 0 Å². The predicted octanol–water partition coefficient (Wildman–Crippen LogP) is 5.19. The van der Waals surface area contributed by atoms with Crippen molar-refractivity contribution in [3.8, 4) is 0 Å². The Morgan fingerprint density at radius 3 is 2.12 bits per heavy atom. The third-order valence-electron chi connectivity index (χ3n) is 3.81. The SMILES string of the molecule is C=C(S)C(=C)/C=C\C(=C)C(C)C(COC)[N+](=C)C(=C)/C=C\C(C)C. The lowest BCUT2D eigenvalue weighted by atomic mass is 9.93. The molecule has 3 heteroatoms. The summed E-state index contributed by atoms with van der Waals surface area (Å²) in [4.78, 5) is 0.645. The molecule has 0 fully saturated rings. The largest absolute Gasteiger partial charge is 0.378 e. The van der Waals surface area contributed by atoms with Crippen molar-refractivity contribution >= 4 is 19.3 Å². The highest BCUT2D eigenvalue weighted by molar-refractivity contribution is 7.84. The third-order valence-corrected chi connectivity index (χ3v) is 4.10. The normalized spacial score (nSPS) is 14.1. The molecule has 2 atom stereocenters. The smallest absolute Gasteiger partial charge is 0.197 e. The van der Waals surface area contributed by atoms with E-state index in [0.29, 0.717) is 17.4 Å². The molecule has 0 amide bonds. The lowest BCUT2D eigenvalue weighted by Gasteiger charge is -2.21. The minimum Gasteiger partial charge on any atom is -0.378 e. The molecule has 0 saturated heterocycles. The first-order valence-electron chi connectivity index (χ1n) is 8.01. The molecule has 0 aromatic heterocycles. The first kappa shape index (κ1) is 22.4. The first-order chi connectivity index (χ1) is 11.1. The Labute approximate surface area is 153 Å². The molecule has 0 rings (SSSR count). The van der Waals surface area contributed by atoms with E-state index in [2.05, 4.69) is 72.5 Å². The molecule has 0 spiro atoms. The van der Waals surface area contributed by atoms with Crippen LogP contribution in [0.25, 0.3) is 0 Å². The van der Waals surface area contributed by atoms with Gasteiger partial charge in [0, 0.05) is 24.0 Å². The van der Waals surface area contributed by atoms with E-state index in [0.717, 1.165) is 16.8 Å². The van der Waals surface area contributed by atoms with Gasteiger partial charge in [0.1, 0.15) is 13.3 Å². The fourth-order valence-electron chi connectivity index (χ4n) is 1.99. The Hall–Kier alpha value is -1.58. The van der Waals surface area contributed by atoms with Gasteiger partial charge in [-0.25, -0.2) is 4.58 Å². The van der Waals surface area contributed by atoms with Crippen molar-refractivity contribution in [2.75, 3.05) is 13.7 Å². The van der Waals surface area contributed by atoms with Crippen LogP contribution in [-0.4, -0.2) is 31.1 Å². The minimum atomic E-state index is 0.0314. The highest BCUT2D eigenvalue weighted by atomic mass is 32.1. The summed E-state index contributed by atoms with van der Waals surface area (Å²) in [7, 11) is 1.69. The number of rotatable bonds is 11. The molecule has 0 aromatic carbocycles. The van der Waals surface area contributed by atoms with E-state index < -0.39 is 0 Å². The van der Waals surface area contributed by atoms with Crippen LogP contribution in [0.1, 0.15) is 20.8 Å². The van der Waals surface area contributed by atoms with Gasteiger partial charge < -0.3 is 4.74 Å². The molecule has 2 unspecified atom stereocenters. The molecule has 0 bridgehead atoms. The summed E-state index contributed by atoms with van der Waals surface area (Å²) < 4.78 is 7.28. The molecule has 0 heterocycles. The van der Waals surface area contributed by atoms with Gasteiger partial charge in [-0.3, -0.25) is 0 Å². The number of ether oxygens (including phenoxy) is 1. The minimum absolute atomic E-state index is 0.0314. The summed E-state index contributed by atoms with van der Waals surface area (Å²) in [6, 6.07) is 0.0314. The van der Waals surface area contributed by atoms with Crippen molar-refractivity contribution < 1.29 is 9.31 Å². The highest BCUT2D eigenvalue weighted by Crippen LogP contribution is 2.21. The lowest BCUT2D eigenvalue weighted by Crippen LogP contribution is -2.35.